The van der Waals surface area contributed by atoms with E-state index in [4.69, 9.17) is 10.5 Å². The van der Waals surface area contributed by atoms with Crippen LogP contribution in [0, 0.1) is 11.8 Å². The van der Waals surface area contributed by atoms with Crippen molar-refractivity contribution in [3.63, 3.8) is 0 Å². The van der Waals surface area contributed by atoms with E-state index >= 15 is 0 Å². The average Bonchev–Trinajstić information content (AvgIpc) is 2.67. The first-order chi connectivity index (χ1) is 13.0. The molecule has 150 valence electrons. The Morgan fingerprint density at radius 3 is 2.96 bits per heavy atom. The lowest BCUT2D eigenvalue weighted by Gasteiger charge is -2.35. The third-order valence-electron chi connectivity index (χ3n) is 4.72. The number of para-hydroxylation sites is 1. The number of hydrogen-bond acceptors (Lipinski definition) is 4. The SMILES string of the molecule is CN=C(NCC(C)CSc1ccccc1OC)N1CCCC(CC(N)=O)C1. The Balaban J connectivity index is 1.80. The number of nitrogens with zero attached hydrogens (tertiary/aromatic N) is 2. The van der Waals surface area contributed by atoms with Gasteiger partial charge in [0, 0.05) is 43.8 Å². The van der Waals surface area contributed by atoms with Gasteiger partial charge in [-0.25, -0.2) is 0 Å². The number of methoxy groups -OCH3 is 1. The molecule has 1 amide bonds. The molecule has 0 aromatic heterocycles. The monoisotopic (exact) mass is 392 g/mol. The third kappa shape index (κ3) is 6.97. The fourth-order valence-electron chi connectivity index (χ4n) is 3.34. The number of carbonyl (C=O) groups is 1. The quantitative estimate of drug-likeness (QED) is 0.404. The van der Waals surface area contributed by atoms with Crippen molar-refractivity contribution >= 4 is 23.6 Å². The van der Waals surface area contributed by atoms with Crippen LogP contribution in [0.5, 0.6) is 5.75 Å². The zero-order chi connectivity index (χ0) is 19.6. The van der Waals surface area contributed by atoms with Gasteiger partial charge in [0.1, 0.15) is 5.75 Å². The van der Waals surface area contributed by atoms with Crippen molar-refractivity contribution in [1.29, 1.82) is 0 Å². The van der Waals surface area contributed by atoms with Gasteiger partial charge in [-0.05, 0) is 36.8 Å². The van der Waals surface area contributed by atoms with Crippen LogP contribution in [-0.4, -0.2) is 56.3 Å². The Hall–Kier alpha value is -1.89. The first-order valence-corrected chi connectivity index (χ1v) is 10.5. The maximum atomic E-state index is 11.2. The number of nitrogens with two attached hydrogens (primary N) is 1. The molecular weight excluding hydrogens is 360 g/mol. The van der Waals surface area contributed by atoms with Crippen molar-refractivity contribution in [2.24, 2.45) is 22.6 Å². The van der Waals surface area contributed by atoms with Crippen LogP contribution >= 0.6 is 11.8 Å². The van der Waals surface area contributed by atoms with Crippen molar-refractivity contribution in [1.82, 2.24) is 10.2 Å². The number of hydrogen-bond donors (Lipinski definition) is 2. The van der Waals surface area contributed by atoms with Gasteiger partial charge in [0.15, 0.2) is 5.96 Å². The Bertz CT molecular complexity index is 638. The number of primary amides is 1. The van der Waals surface area contributed by atoms with Crippen molar-refractivity contribution in [2.45, 2.75) is 31.1 Å². The summed E-state index contributed by atoms with van der Waals surface area (Å²) in [5.41, 5.74) is 5.36. The summed E-state index contributed by atoms with van der Waals surface area (Å²) in [6, 6.07) is 8.11. The lowest BCUT2D eigenvalue weighted by atomic mass is 9.95. The highest BCUT2D eigenvalue weighted by Crippen LogP contribution is 2.29. The first kappa shape index (κ1) is 21.4. The fourth-order valence-corrected chi connectivity index (χ4v) is 4.39. The van der Waals surface area contributed by atoms with E-state index in [0.29, 0.717) is 18.3 Å². The summed E-state index contributed by atoms with van der Waals surface area (Å²) in [5.74, 6) is 3.42. The van der Waals surface area contributed by atoms with Gasteiger partial charge in [0.05, 0.1) is 7.11 Å². The summed E-state index contributed by atoms with van der Waals surface area (Å²) < 4.78 is 5.41. The molecule has 1 fully saturated rings. The molecule has 3 N–H and O–H groups in total. The van der Waals surface area contributed by atoms with Crippen molar-refractivity contribution in [3.8, 4) is 5.75 Å². The minimum Gasteiger partial charge on any atom is -0.496 e. The molecule has 1 aromatic rings. The summed E-state index contributed by atoms with van der Waals surface area (Å²) >= 11 is 1.81. The molecule has 6 nitrogen and oxygen atoms in total. The van der Waals surface area contributed by atoms with Crippen molar-refractivity contribution < 1.29 is 9.53 Å². The van der Waals surface area contributed by atoms with E-state index in [2.05, 4.69) is 28.2 Å². The molecule has 2 atom stereocenters. The molecule has 27 heavy (non-hydrogen) atoms. The number of carbonyl (C=O) groups excluding carboxylic acids is 1. The minimum atomic E-state index is -0.216. The number of thioether (sulfide) groups is 1. The zero-order valence-electron chi connectivity index (χ0n) is 16.6. The minimum absolute atomic E-state index is 0.216. The van der Waals surface area contributed by atoms with Gasteiger partial charge in [0.25, 0.3) is 0 Å². The largest absolute Gasteiger partial charge is 0.496 e. The molecule has 0 radical (unpaired) electrons. The van der Waals surface area contributed by atoms with E-state index < -0.39 is 0 Å². The molecule has 7 heteroatoms. The van der Waals surface area contributed by atoms with Crippen molar-refractivity contribution in [3.05, 3.63) is 24.3 Å². The number of guanidine groups is 1. The van der Waals surface area contributed by atoms with Gasteiger partial charge in [0.2, 0.25) is 5.91 Å². The highest BCUT2D eigenvalue weighted by atomic mass is 32.2. The standard InChI is InChI=1S/C20H32N4O2S/c1-15(14-27-18-9-5-4-8-17(18)26-3)12-23-20(22-2)24-10-6-7-16(13-24)11-19(21)25/h4-5,8-9,15-16H,6-7,10-14H2,1-3H3,(H2,21,25)(H,22,23). The smallest absolute Gasteiger partial charge is 0.217 e. The number of amides is 1. The van der Waals surface area contributed by atoms with E-state index in [1.807, 2.05) is 37.0 Å². The van der Waals surface area contributed by atoms with Gasteiger partial charge >= 0.3 is 0 Å². The van der Waals surface area contributed by atoms with Crippen LogP contribution in [0.4, 0.5) is 0 Å². The normalized spacial score (nSPS) is 18.9. The van der Waals surface area contributed by atoms with Crippen LogP contribution in [0.15, 0.2) is 34.2 Å². The molecule has 1 aromatic carbocycles. The summed E-state index contributed by atoms with van der Waals surface area (Å²) in [6.07, 6.45) is 2.58. The Labute approximate surface area is 166 Å². The number of rotatable bonds is 8. The highest BCUT2D eigenvalue weighted by Gasteiger charge is 2.23. The van der Waals surface area contributed by atoms with Crippen LogP contribution in [0.25, 0.3) is 0 Å². The maximum absolute atomic E-state index is 11.2. The molecule has 2 rings (SSSR count). The van der Waals surface area contributed by atoms with Crippen LogP contribution in [0.1, 0.15) is 26.2 Å². The molecular formula is C20H32N4O2S. The molecule has 0 bridgehead atoms. The highest BCUT2D eigenvalue weighted by molar-refractivity contribution is 7.99. The fraction of sp³-hybridized carbons (Fsp3) is 0.600. The van der Waals surface area contributed by atoms with Crippen LogP contribution < -0.4 is 15.8 Å². The zero-order valence-corrected chi connectivity index (χ0v) is 17.4. The van der Waals surface area contributed by atoms with Gasteiger partial charge in [-0.15, -0.1) is 11.8 Å². The van der Waals surface area contributed by atoms with Gasteiger partial charge < -0.3 is 20.7 Å². The number of nitrogens with one attached hydrogen (secondary N) is 1. The third-order valence-corrected chi connectivity index (χ3v) is 6.11. The Kier molecular flexibility index (Phi) is 8.78. The second kappa shape index (κ2) is 11.1. The summed E-state index contributed by atoms with van der Waals surface area (Å²) in [6.45, 7) is 4.90. The predicted octanol–water partition coefficient (Wildman–Crippen LogP) is 2.59. The second-order valence-corrected chi connectivity index (χ2v) is 8.18. The average molecular weight is 393 g/mol. The molecule has 0 spiro atoms. The van der Waals surface area contributed by atoms with Gasteiger partial charge in [-0.1, -0.05) is 19.1 Å². The molecule has 0 saturated carbocycles. The molecule has 0 aliphatic carbocycles. The Morgan fingerprint density at radius 2 is 2.26 bits per heavy atom. The summed E-state index contributed by atoms with van der Waals surface area (Å²) in [4.78, 5) is 19.1. The van der Waals surface area contributed by atoms with Crippen LogP contribution in [0.2, 0.25) is 0 Å². The first-order valence-electron chi connectivity index (χ1n) is 9.53. The number of benzene rings is 1. The van der Waals surface area contributed by atoms with E-state index in [-0.39, 0.29) is 5.91 Å². The van der Waals surface area contributed by atoms with Crippen LogP contribution in [-0.2, 0) is 4.79 Å². The van der Waals surface area contributed by atoms with E-state index in [9.17, 15) is 4.79 Å². The number of aliphatic imine (C=N–C) groups is 1. The predicted molar refractivity (Wildman–Crippen MR) is 112 cm³/mol. The molecule has 1 heterocycles. The molecule has 1 aliphatic heterocycles. The summed E-state index contributed by atoms with van der Waals surface area (Å²) in [5, 5.41) is 3.49. The topological polar surface area (TPSA) is 80.0 Å². The van der Waals surface area contributed by atoms with E-state index in [0.717, 1.165) is 49.9 Å². The van der Waals surface area contributed by atoms with E-state index in [1.165, 1.54) is 4.90 Å². The second-order valence-electron chi connectivity index (χ2n) is 7.12. The van der Waals surface area contributed by atoms with Gasteiger partial charge in [-0.2, -0.15) is 0 Å². The molecule has 1 aliphatic rings. The molecule has 1 saturated heterocycles. The lowest BCUT2D eigenvalue weighted by Crippen LogP contribution is -2.48. The number of ether oxygens (including phenoxy) is 1. The Morgan fingerprint density at radius 1 is 1.48 bits per heavy atom. The van der Waals surface area contributed by atoms with E-state index in [1.54, 1.807) is 7.11 Å². The molecule has 2 unspecified atom stereocenters. The van der Waals surface area contributed by atoms with Crippen LogP contribution in [0.3, 0.4) is 0 Å². The van der Waals surface area contributed by atoms with Crippen molar-refractivity contribution in [2.75, 3.05) is 39.5 Å². The number of likely N-dealkylation sites (tertiary alicyclic amines) is 1. The number of piperidine rings is 1. The maximum Gasteiger partial charge on any atom is 0.217 e. The summed E-state index contributed by atoms with van der Waals surface area (Å²) in [7, 11) is 3.52. The lowest BCUT2D eigenvalue weighted by molar-refractivity contribution is -0.119. The van der Waals surface area contributed by atoms with Gasteiger partial charge in [-0.3, -0.25) is 9.79 Å².